The van der Waals surface area contributed by atoms with Crippen molar-refractivity contribution in [2.45, 2.75) is 44.2 Å². The molecule has 3 N–H and O–H groups in total. The lowest BCUT2D eigenvalue weighted by Gasteiger charge is -2.27. The molecule has 6 heteroatoms. The molecule has 0 unspecified atom stereocenters. The van der Waals surface area contributed by atoms with Crippen molar-refractivity contribution in [3.8, 4) is 11.8 Å². The summed E-state index contributed by atoms with van der Waals surface area (Å²) in [6.07, 6.45) is 9.22. The second-order valence-electron chi connectivity index (χ2n) is 7.57. The lowest BCUT2D eigenvalue weighted by molar-refractivity contribution is 0.0951. The van der Waals surface area contributed by atoms with Gasteiger partial charge in [-0.25, -0.2) is 9.97 Å². The lowest BCUT2D eigenvalue weighted by atomic mass is 9.93. The molecule has 6 nitrogen and oxygen atoms in total. The zero-order valence-electron chi connectivity index (χ0n) is 15.5. The summed E-state index contributed by atoms with van der Waals surface area (Å²) < 4.78 is 2.18. The number of hydrogen-bond donors (Lipinski definition) is 2. The summed E-state index contributed by atoms with van der Waals surface area (Å²) in [6.45, 7) is 0. The van der Waals surface area contributed by atoms with Crippen molar-refractivity contribution in [3.63, 3.8) is 0 Å². The monoisotopic (exact) mass is 371 g/mol. The van der Waals surface area contributed by atoms with Crippen molar-refractivity contribution in [2.75, 3.05) is 5.73 Å². The van der Waals surface area contributed by atoms with Crippen LogP contribution in [0.15, 0.2) is 36.8 Å². The highest BCUT2D eigenvalue weighted by molar-refractivity contribution is 5.95. The van der Waals surface area contributed by atoms with E-state index in [2.05, 4.69) is 31.7 Å². The average molecular weight is 371 g/mol. The van der Waals surface area contributed by atoms with Crippen LogP contribution in [0.5, 0.6) is 0 Å². The predicted molar refractivity (Wildman–Crippen MR) is 108 cm³/mol. The molecule has 0 spiro atoms. The number of anilines is 1. The molecule has 140 valence electrons. The fourth-order valence-electron chi connectivity index (χ4n) is 3.52. The van der Waals surface area contributed by atoms with E-state index in [1.165, 1.54) is 12.7 Å². The molecule has 1 aromatic carbocycles. The zero-order chi connectivity index (χ0) is 19.1. The molecular weight excluding hydrogens is 350 g/mol. The molecule has 2 heterocycles. The van der Waals surface area contributed by atoms with Crippen molar-refractivity contribution in [3.05, 3.63) is 53.5 Å². The Kier molecular flexibility index (Phi) is 4.01. The molecule has 0 radical (unpaired) electrons. The maximum absolute atomic E-state index is 12.3. The first-order valence-corrected chi connectivity index (χ1v) is 9.73. The third kappa shape index (κ3) is 3.09. The minimum Gasteiger partial charge on any atom is -0.383 e. The van der Waals surface area contributed by atoms with Crippen molar-refractivity contribution in [1.82, 2.24) is 19.9 Å². The molecule has 2 aliphatic carbocycles. The van der Waals surface area contributed by atoms with Crippen LogP contribution in [0, 0.1) is 11.8 Å². The van der Waals surface area contributed by atoms with Gasteiger partial charge >= 0.3 is 0 Å². The fraction of sp³-hybridized carbons (Fsp3) is 0.318. The van der Waals surface area contributed by atoms with Crippen LogP contribution in [-0.4, -0.2) is 26.5 Å². The van der Waals surface area contributed by atoms with Gasteiger partial charge in [0.05, 0.1) is 10.9 Å². The molecule has 2 saturated carbocycles. The number of amides is 1. The van der Waals surface area contributed by atoms with E-state index in [0.29, 0.717) is 23.5 Å². The quantitative estimate of drug-likeness (QED) is 0.693. The smallest absolute Gasteiger partial charge is 0.251 e. The van der Waals surface area contributed by atoms with Gasteiger partial charge in [-0.2, -0.15) is 0 Å². The second kappa shape index (κ2) is 6.68. The summed E-state index contributed by atoms with van der Waals surface area (Å²) in [5.74, 6) is 6.82. The van der Waals surface area contributed by atoms with E-state index in [1.807, 2.05) is 30.5 Å². The number of nitrogens with zero attached hydrogens (tertiary/aromatic N) is 3. The van der Waals surface area contributed by atoms with Gasteiger partial charge < -0.3 is 15.6 Å². The molecule has 0 aliphatic heterocycles. The van der Waals surface area contributed by atoms with E-state index in [0.717, 1.165) is 47.8 Å². The molecule has 5 rings (SSSR count). The zero-order valence-corrected chi connectivity index (χ0v) is 15.5. The molecule has 3 aromatic rings. The highest BCUT2D eigenvalue weighted by Gasteiger charge is 2.24. The van der Waals surface area contributed by atoms with E-state index < -0.39 is 0 Å². The first-order valence-electron chi connectivity index (χ1n) is 9.73. The number of fused-ring (bicyclic) bond motifs is 1. The maximum atomic E-state index is 12.3. The first kappa shape index (κ1) is 16.8. The van der Waals surface area contributed by atoms with Gasteiger partial charge in [-0.1, -0.05) is 17.9 Å². The average Bonchev–Trinajstić information content (AvgIpc) is 3.40. The maximum Gasteiger partial charge on any atom is 0.251 e. The SMILES string of the molecule is Nc1ncnc2c1c(C#Cc1cccc(C(=O)NC3CC3)c1)cn2C1CCC1. The van der Waals surface area contributed by atoms with Crippen LogP contribution >= 0.6 is 0 Å². The summed E-state index contributed by atoms with van der Waals surface area (Å²) in [5, 5.41) is 3.82. The van der Waals surface area contributed by atoms with Gasteiger partial charge in [-0.15, -0.1) is 0 Å². The number of rotatable bonds is 3. The number of carbonyl (C=O) groups excluding carboxylic acids is 1. The Labute approximate surface area is 163 Å². The van der Waals surface area contributed by atoms with Crippen LogP contribution < -0.4 is 11.1 Å². The molecule has 2 fully saturated rings. The van der Waals surface area contributed by atoms with Crippen molar-refractivity contribution >= 4 is 22.8 Å². The van der Waals surface area contributed by atoms with Crippen LogP contribution in [0.1, 0.15) is 59.6 Å². The van der Waals surface area contributed by atoms with Crippen LogP contribution in [0.4, 0.5) is 5.82 Å². The van der Waals surface area contributed by atoms with E-state index in [-0.39, 0.29) is 5.91 Å². The normalized spacial score (nSPS) is 16.3. The number of aromatic nitrogens is 3. The number of carbonyl (C=O) groups is 1. The number of nitrogens with two attached hydrogens (primary N) is 1. The molecule has 28 heavy (non-hydrogen) atoms. The highest BCUT2D eigenvalue weighted by Crippen LogP contribution is 2.36. The molecule has 0 saturated heterocycles. The second-order valence-corrected chi connectivity index (χ2v) is 7.57. The number of hydrogen-bond acceptors (Lipinski definition) is 4. The van der Waals surface area contributed by atoms with Gasteiger partial charge in [0.2, 0.25) is 0 Å². The Morgan fingerprint density at radius 1 is 1.18 bits per heavy atom. The van der Waals surface area contributed by atoms with Gasteiger partial charge in [-0.05, 0) is 50.3 Å². The number of nitrogens with one attached hydrogen (secondary N) is 1. The van der Waals surface area contributed by atoms with Crippen LogP contribution in [0.2, 0.25) is 0 Å². The summed E-state index contributed by atoms with van der Waals surface area (Å²) in [4.78, 5) is 20.8. The molecule has 0 atom stereocenters. The third-order valence-electron chi connectivity index (χ3n) is 5.49. The van der Waals surface area contributed by atoms with Gasteiger partial charge in [0.1, 0.15) is 17.8 Å². The van der Waals surface area contributed by atoms with Gasteiger partial charge in [-0.3, -0.25) is 4.79 Å². The van der Waals surface area contributed by atoms with E-state index in [1.54, 1.807) is 0 Å². The van der Waals surface area contributed by atoms with Crippen LogP contribution in [0.25, 0.3) is 11.0 Å². The first-order chi connectivity index (χ1) is 13.7. The lowest BCUT2D eigenvalue weighted by Crippen LogP contribution is -2.25. The van der Waals surface area contributed by atoms with Crippen molar-refractivity contribution in [1.29, 1.82) is 0 Å². The topological polar surface area (TPSA) is 85.8 Å². The Morgan fingerprint density at radius 3 is 2.79 bits per heavy atom. The fourth-order valence-corrected chi connectivity index (χ4v) is 3.52. The largest absolute Gasteiger partial charge is 0.383 e. The van der Waals surface area contributed by atoms with E-state index >= 15 is 0 Å². The Balaban J connectivity index is 1.49. The number of nitrogen functional groups attached to an aromatic ring is 1. The van der Waals surface area contributed by atoms with Crippen molar-refractivity contribution < 1.29 is 4.79 Å². The third-order valence-corrected chi connectivity index (χ3v) is 5.49. The van der Waals surface area contributed by atoms with Crippen LogP contribution in [0.3, 0.4) is 0 Å². The molecular formula is C22H21N5O. The summed E-state index contributed by atoms with van der Waals surface area (Å²) in [5.41, 5.74) is 9.24. The Bertz CT molecular complexity index is 1130. The Morgan fingerprint density at radius 2 is 2.04 bits per heavy atom. The molecule has 1 amide bonds. The standard InChI is InChI=1S/C22H21N5O/c23-20-19-16(12-27(18-5-2-6-18)21(19)25-13-24-20)8-7-14-3-1-4-15(11-14)22(28)26-17-9-10-17/h1,3-4,11-13,17-18H,2,5-6,9-10H2,(H,26,28)(H2,23,24,25). The van der Waals surface area contributed by atoms with Gasteiger partial charge in [0, 0.05) is 29.4 Å². The summed E-state index contributed by atoms with van der Waals surface area (Å²) >= 11 is 0. The number of benzene rings is 1. The highest BCUT2D eigenvalue weighted by atomic mass is 16.1. The minimum atomic E-state index is -0.0367. The van der Waals surface area contributed by atoms with E-state index in [4.69, 9.17) is 5.73 Å². The molecule has 0 bridgehead atoms. The minimum absolute atomic E-state index is 0.0367. The van der Waals surface area contributed by atoms with E-state index in [9.17, 15) is 4.79 Å². The summed E-state index contributed by atoms with van der Waals surface area (Å²) in [7, 11) is 0. The molecule has 2 aliphatic rings. The Hall–Kier alpha value is -3.33. The molecule has 2 aromatic heterocycles. The predicted octanol–water partition coefficient (Wildman–Crippen LogP) is 3.03. The van der Waals surface area contributed by atoms with Gasteiger partial charge in [0.15, 0.2) is 0 Å². The van der Waals surface area contributed by atoms with Crippen molar-refractivity contribution in [2.24, 2.45) is 0 Å². The summed E-state index contributed by atoms with van der Waals surface area (Å²) in [6, 6.07) is 8.21. The van der Waals surface area contributed by atoms with Crippen LogP contribution in [-0.2, 0) is 0 Å². The van der Waals surface area contributed by atoms with Gasteiger partial charge in [0.25, 0.3) is 5.91 Å².